The summed E-state index contributed by atoms with van der Waals surface area (Å²) in [7, 11) is 0. The SMILES string of the molecule is CCOC(CCNC1CCCC1SC)OCC. The second-order valence-corrected chi connectivity index (χ2v) is 5.47. The molecule has 0 amide bonds. The zero-order valence-electron chi connectivity index (χ0n) is 11.4. The molecule has 2 unspecified atom stereocenters. The van der Waals surface area contributed by atoms with E-state index in [9.17, 15) is 0 Å². The molecule has 17 heavy (non-hydrogen) atoms. The van der Waals surface area contributed by atoms with E-state index in [0.29, 0.717) is 6.04 Å². The molecule has 0 spiro atoms. The maximum Gasteiger partial charge on any atom is 0.158 e. The minimum atomic E-state index is -0.0355. The third kappa shape index (κ3) is 5.60. The minimum absolute atomic E-state index is 0.0355. The molecule has 1 aliphatic rings. The van der Waals surface area contributed by atoms with Crippen molar-refractivity contribution in [1.82, 2.24) is 5.32 Å². The van der Waals surface area contributed by atoms with Crippen molar-refractivity contribution in [3.63, 3.8) is 0 Å². The zero-order valence-corrected chi connectivity index (χ0v) is 12.2. The van der Waals surface area contributed by atoms with E-state index in [4.69, 9.17) is 9.47 Å². The van der Waals surface area contributed by atoms with Crippen molar-refractivity contribution in [1.29, 1.82) is 0 Å². The van der Waals surface area contributed by atoms with Gasteiger partial charge in [0.1, 0.15) is 0 Å². The number of hydrogen-bond acceptors (Lipinski definition) is 4. The zero-order chi connectivity index (χ0) is 12.5. The molecule has 0 aromatic rings. The Morgan fingerprint density at radius 2 is 1.94 bits per heavy atom. The molecule has 0 aliphatic heterocycles. The van der Waals surface area contributed by atoms with E-state index < -0.39 is 0 Å². The Hall–Kier alpha value is 0.230. The molecular formula is C13H27NO2S. The average molecular weight is 261 g/mol. The van der Waals surface area contributed by atoms with Gasteiger partial charge in [-0.05, 0) is 32.9 Å². The van der Waals surface area contributed by atoms with Crippen molar-refractivity contribution in [2.24, 2.45) is 0 Å². The van der Waals surface area contributed by atoms with Gasteiger partial charge in [0, 0.05) is 37.5 Å². The maximum absolute atomic E-state index is 5.53. The Bertz CT molecular complexity index is 186. The fraction of sp³-hybridized carbons (Fsp3) is 1.00. The predicted octanol–water partition coefficient (Wildman–Crippen LogP) is 2.65. The molecule has 0 aromatic carbocycles. The summed E-state index contributed by atoms with van der Waals surface area (Å²) < 4.78 is 11.1. The number of ether oxygens (including phenoxy) is 2. The van der Waals surface area contributed by atoms with Crippen molar-refractivity contribution in [3.8, 4) is 0 Å². The van der Waals surface area contributed by atoms with Crippen LogP contribution in [0.2, 0.25) is 0 Å². The van der Waals surface area contributed by atoms with E-state index in [1.54, 1.807) is 0 Å². The monoisotopic (exact) mass is 261 g/mol. The molecular weight excluding hydrogens is 234 g/mol. The summed E-state index contributed by atoms with van der Waals surface area (Å²) in [4.78, 5) is 0. The molecule has 3 nitrogen and oxygen atoms in total. The largest absolute Gasteiger partial charge is 0.353 e. The first-order chi connectivity index (χ1) is 8.31. The molecule has 1 fully saturated rings. The van der Waals surface area contributed by atoms with Crippen LogP contribution < -0.4 is 5.32 Å². The quantitative estimate of drug-likeness (QED) is 0.646. The van der Waals surface area contributed by atoms with Gasteiger partial charge in [-0.15, -0.1) is 0 Å². The van der Waals surface area contributed by atoms with Crippen LogP contribution in [-0.4, -0.2) is 43.6 Å². The van der Waals surface area contributed by atoms with Gasteiger partial charge in [-0.1, -0.05) is 6.42 Å². The molecule has 102 valence electrons. The highest BCUT2D eigenvalue weighted by atomic mass is 32.2. The summed E-state index contributed by atoms with van der Waals surface area (Å²) in [5.41, 5.74) is 0. The van der Waals surface area contributed by atoms with E-state index in [1.807, 2.05) is 25.6 Å². The van der Waals surface area contributed by atoms with Gasteiger partial charge in [-0.2, -0.15) is 11.8 Å². The summed E-state index contributed by atoms with van der Waals surface area (Å²) in [5, 5.41) is 4.45. The van der Waals surface area contributed by atoms with E-state index in [2.05, 4.69) is 11.6 Å². The van der Waals surface area contributed by atoms with E-state index in [0.717, 1.165) is 31.4 Å². The molecule has 0 heterocycles. The molecule has 0 bridgehead atoms. The summed E-state index contributed by atoms with van der Waals surface area (Å²) in [6.07, 6.45) is 7.17. The van der Waals surface area contributed by atoms with Gasteiger partial charge in [-0.3, -0.25) is 0 Å². The molecule has 1 N–H and O–H groups in total. The normalized spacial score (nSPS) is 24.7. The molecule has 4 heteroatoms. The van der Waals surface area contributed by atoms with Gasteiger partial charge >= 0.3 is 0 Å². The van der Waals surface area contributed by atoms with E-state index in [1.165, 1.54) is 19.3 Å². The summed E-state index contributed by atoms with van der Waals surface area (Å²) in [6.45, 7) is 6.47. The number of hydrogen-bond donors (Lipinski definition) is 1. The first kappa shape index (κ1) is 15.3. The van der Waals surface area contributed by atoms with Crippen LogP contribution >= 0.6 is 11.8 Å². The molecule has 2 atom stereocenters. The molecule has 1 rings (SSSR count). The van der Waals surface area contributed by atoms with Gasteiger partial charge in [0.05, 0.1) is 0 Å². The fourth-order valence-electron chi connectivity index (χ4n) is 2.41. The first-order valence-corrected chi connectivity index (χ1v) is 8.10. The molecule has 0 aromatic heterocycles. The van der Waals surface area contributed by atoms with Gasteiger partial charge in [-0.25, -0.2) is 0 Å². The van der Waals surface area contributed by atoms with Crippen LogP contribution in [0.4, 0.5) is 0 Å². The Morgan fingerprint density at radius 1 is 1.24 bits per heavy atom. The smallest absolute Gasteiger partial charge is 0.158 e. The van der Waals surface area contributed by atoms with Crippen molar-refractivity contribution >= 4 is 11.8 Å². The predicted molar refractivity (Wildman–Crippen MR) is 74.6 cm³/mol. The Balaban J connectivity index is 2.16. The Kier molecular flexibility index (Phi) is 8.27. The highest BCUT2D eigenvalue weighted by Crippen LogP contribution is 2.28. The second kappa shape index (κ2) is 9.20. The van der Waals surface area contributed by atoms with Crippen LogP contribution in [0.15, 0.2) is 0 Å². The van der Waals surface area contributed by atoms with Crippen molar-refractivity contribution < 1.29 is 9.47 Å². The average Bonchev–Trinajstić information content (AvgIpc) is 2.77. The van der Waals surface area contributed by atoms with Crippen molar-refractivity contribution in [3.05, 3.63) is 0 Å². The third-order valence-electron chi connectivity index (χ3n) is 3.25. The first-order valence-electron chi connectivity index (χ1n) is 6.81. The lowest BCUT2D eigenvalue weighted by Crippen LogP contribution is -2.36. The number of thioether (sulfide) groups is 1. The van der Waals surface area contributed by atoms with E-state index >= 15 is 0 Å². The highest BCUT2D eigenvalue weighted by molar-refractivity contribution is 7.99. The molecule has 1 aliphatic carbocycles. The van der Waals surface area contributed by atoms with Gasteiger partial charge in [0.25, 0.3) is 0 Å². The molecule has 1 saturated carbocycles. The topological polar surface area (TPSA) is 30.5 Å². The highest BCUT2D eigenvalue weighted by Gasteiger charge is 2.25. The van der Waals surface area contributed by atoms with E-state index in [-0.39, 0.29) is 6.29 Å². The van der Waals surface area contributed by atoms with Gasteiger partial charge < -0.3 is 14.8 Å². The van der Waals surface area contributed by atoms with Crippen LogP contribution in [0.1, 0.15) is 39.5 Å². The Morgan fingerprint density at radius 3 is 2.53 bits per heavy atom. The van der Waals surface area contributed by atoms with Gasteiger partial charge in [0.2, 0.25) is 0 Å². The lowest BCUT2D eigenvalue weighted by Gasteiger charge is -2.21. The van der Waals surface area contributed by atoms with Crippen molar-refractivity contribution in [2.45, 2.75) is 57.1 Å². The summed E-state index contributed by atoms with van der Waals surface area (Å²) in [6, 6.07) is 0.689. The number of nitrogens with one attached hydrogen (secondary N) is 1. The van der Waals surface area contributed by atoms with Crippen molar-refractivity contribution in [2.75, 3.05) is 26.0 Å². The fourth-order valence-corrected chi connectivity index (χ4v) is 3.38. The number of rotatable bonds is 9. The van der Waals surface area contributed by atoms with Crippen LogP contribution in [0, 0.1) is 0 Å². The summed E-state index contributed by atoms with van der Waals surface area (Å²) >= 11 is 1.99. The standard InChI is InChI=1S/C13H27NO2S/c1-4-15-13(16-5-2)9-10-14-11-7-6-8-12(11)17-3/h11-14H,4-10H2,1-3H3. The maximum atomic E-state index is 5.53. The lowest BCUT2D eigenvalue weighted by molar-refractivity contribution is -0.138. The van der Waals surface area contributed by atoms with Crippen LogP contribution in [0.3, 0.4) is 0 Å². The van der Waals surface area contributed by atoms with Crippen LogP contribution in [0.25, 0.3) is 0 Å². The lowest BCUT2D eigenvalue weighted by atomic mass is 10.2. The second-order valence-electron chi connectivity index (χ2n) is 4.39. The Labute approximate surface area is 110 Å². The minimum Gasteiger partial charge on any atom is -0.353 e. The molecule has 0 saturated heterocycles. The van der Waals surface area contributed by atoms with Gasteiger partial charge in [0.15, 0.2) is 6.29 Å². The van der Waals surface area contributed by atoms with Crippen LogP contribution in [0.5, 0.6) is 0 Å². The third-order valence-corrected chi connectivity index (χ3v) is 4.42. The van der Waals surface area contributed by atoms with Crippen LogP contribution in [-0.2, 0) is 9.47 Å². The molecule has 0 radical (unpaired) electrons. The summed E-state index contributed by atoms with van der Waals surface area (Å²) in [5.74, 6) is 0.